The summed E-state index contributed by atoms with van der Waals surface area (Å²) >= 11 is 0. The van der Waals surface area contributed by atoms with Crippen molar-refractivity contribution < 1.29 is 18.8 Å². The Labute approximate surface area is 187 Å². The number of carbonyl (C=O) groups is 1. The van der Waals surface area contributed by atoms with Crippen LogP contribution < -0.4 is 4.90 Å². The van der Waals surface area contributed by atoms with Crippen LogP contribution in [0.5, 0.6) is 0 Å². The van der Waals surface area contributed by atoms with Crippen LogP contribution in [-0.4, -0.2) is 66.7 Å². The number of oxime groups is 1. The van der Waals surface area contributed by atoms with Gasteiger partial charge in [-0.05, 0) is 45.2 Å². The highest BCUT2D eigenvalue weighted by Gasteiger charge is 2.28. The van der Waals surface area contributed by atoms with Gasteiger partial charge in [0.15, 0.2) is 0 Å². The summed E-state index contributed by atoms with van der Waals surface area (Å²) in [7, 11) is -0.196. The van der Waals surface area contributed by atoms with Crippen molar-refractivity contribution in [2.24, 2.45) is 5.16 Å². The summed E-state index contributed by atoms with van der Waals surface area (Å²) in [5.41, 5.74) is 1.17. The zero-order valence-corrected chi connectivity index (χ0v) is 19.8. The first kappa shape index (κ1) is 23.6. The number of nitrogens with zero attached hydrogens (tertiary/aromatic N) is 3. The molecule has 1 aromatic rings. The van der Waals surface area contributed by atoms with E-state index in [1.54, 1.807) is 11.0 Å². The highest BCUT2D eigenvalue weighted by atomic mass is 32.2. The Hall–Kier alpha value is -2.09. The summed E-state index contributed by atoms with van der Waals surface area (Å²) in [5, 5.41) is 4.38. The van der Waals surface area contributed by atoms with E-state index < -0.39 is 5.60 Å². The summed E-state index contributed by atoms with van der Waals surface area (Å²) in [6.45, 7) is 8.27. The molecule has 0 aromatic heterocycles. The number of ether oxygens (including phenoxy) is 1. The molecule has 0 saturated carbocycles. The predicted octanol–water partition coefficient (Wildman–Crippen LogP) is 4.89. The third-order valence-electron chi connectivity index (χ3n) is 5.43. The molecule has 0 bridgehead atoms. The highest BCUT2D eigenvalue weighted by molar-refractivity contribution is 8.13. The SMILES string of the molecule is C=S(C)c1ccc(N2CCC(=NOC3CCN(C(=O)OC(C)(C)C)CC3)CC2)c(F)c1. The summed E-state index contributed by atoms with van der Waals surface area (Å²) in [6.07, 6.45) is 4.72. The zero-order valence-electron chi connectivity index (χ0n) is 19.0. The molecule has 2 heterocycles. The molecular weight excluding hydrogens is 417 g/mol. The lowest BCUT2D eigenvalue weighted by atomic mass is 10.1. The van der Waals surface area contributed by atoms with E-state index in [0.717, 1.165) is 49.4 Å². The molecule has 0 aliphatic carbocycles. The van der Waals surface area contributed by atoms with Gasteiger partial charge in [0.25, 0.3) is 0 Å². The molecule has 2 aliphatic heterocycles. The maximum Gasteiger partial charge on any atom is 0.410 e. The summed E-state index contributed by atoms with van der Waals surface area (Å²) < 4.78 is 19.9. The van der Waals surface area contributed by atoms with Gasteiger partial charge in [-0.25, -0.2) is 9.18 Å². The van der Waals surface area contributed by atoms with E-state index in [9.17, 15) is 9.18 Å². The number of likely N-dealkylation sites (tertiary alicyclic amines) is 1. The summed E-state index contributed by atoms with van der Waals surface area (Å²) in [4.78, 5) is 22.6. The molecule has 31 heavy (non-hydrogen) atoms. The summed E-state index contributed by atoms with van der Waals surface area (Å²) in [5.74, 6) is 3.79. The van der Waals surface area contributed by atoms with Crippen molar-refractivity contribution in [1.29, 1.82) is 0 Å². The molecule has 2 fully saturated rings. The number of amides is 1. The smallest absolute Gasteiger partial charge is 0.410 e. The van der Waals surface area contributed by atoms with Crippen molar-refractivity contribution >= 4 is 33.8 Å². The highest BCUT2D eigenvalue weighted by Crippen LogP contribution is 2.29. The number of carbonyl (C=O) groups excluding carboxylic acids is 1. The molecule has 1 amide bonds. The standard InChI is InChI=1S/C23H34FN3O3S/c1-23(2,3)29-22(28)27-14-10-18(11-15-27)30-25-17-8-12-26(13-9-17)21-7-6-19(31(4)5)16-20(21)24/h6-7,16,18H,4,8-15H2,1-3,5H3. The Bertz CT molecular complexity index is 835. The van der Waals surface area contributed by atoms with Gasteiger partial charge in [0.05, 0.1) is 11.4 Å². The number of benzene rings is 1. The van der Waals surface area contributed by atoms with Crippen LogP contribution in [0.1, 0.15) is 46.5 Å². The fraction of sp³-hybridized carbons (Fsp3) is 0.609. The Kier molecular flexibility index (Phi) is 7.62. The summed E-state index contributed by atoms with van der Waals surface area (Å²) in [6, 6.07) is 5.42. The van der Waals surface area contributed by atoms with Gasteiger partial charge in [-0.3, -0.25) is 0 Å². The van der Waals surface area contributed by atoms with Crippen LogP contribution in [0.4, 0.5) is 14.9 Å². The van der Waals surface area contributed by atoms with Gasteiger partial charge in [-0.1, -0.05) is 11.0 Å². The molecule has 0 N–H and O–H groups in total. The minimum Gasteiger partial charge on any atom is -0.444 e. The molecule has 1 unspecified atom stereocenters. The molecular formula is C23H34FN3O3S. The van der Waals surface area contributed by atoms with Gasteiger partial charge >= 0.3 is 6.09 Å². The van der Waals surface area contributed by atoms with E-state index in [1.807, 2.05) is 39.2 Å². The van der Waals surface area contributed by atoms with E-state index >= 15 is 0 Å². The van der Waals surface area contributed by atoms with Crippen LogP contribution in [0, 0.1) is 5.82 Å². The van der Waals surface area contributed by atoms with E-state index in [-0.39, 0.29) is 28.5 Å². The Balaban J connectivity index is 1.44. The molecule has 6 nitrogen and oxygen atoms in total. The Morgan fingerprint density at radius 3 is 2.39 bits per heavy atom. The molecule has 1 aromatic carbocycles. The van der Waals surface area contributed by atoms with Crippen LogP contribution in [0.3, 0.4) is 0 Å². The number of halogens is 1. The second-order valence-corrected chi connectivity index (χ2v) is 10.9. The van der Waals surface area contributed by atoms with Gasteiger partial charge in [0.1, 0.15) is 17.5 Å². The van der Waals surface area contributed by atoms with Crippen LogP contribution in [-0.2, 0) is 9.57 Å². The van der Waals surface area contributed by atoms with Crippen molar-refractivity contribution in [3.05, 3.63) is 24.0 Å². The third kappa shape index (κ3) is 6.69. The first-order chi connectivity index (χ1) is 14.6. The van der Waals surface area contributed by atoms with Crippen molar-refractivity contribution in [2.45, 2.75) is 63.1 Å². The van der Waals surface area contributed by atoms with Crippen LogP contribution in [0.25, 0.3) is 0 Å². The first-order valence-electron chi connectivity index (χ1n) is 10.8. The predicted molar refractivity (Wildman–Crippen MR) is 126 cm³/mol. The van der Waals surface area contributed by atoms with E-state index in [0.29, 0.717) is 18.8 Å². The number of piperidine rings is 2. The molecule has 1 atom stereocenters. The van der Waals surface area contributed by atoms with E-state index in [4.69, 9.17) is 9.57 Å². The number of hydrogen-bond acceptors (Lipinski definition) is 5. The molecule has 172 valence electrons. The average Bonchev–Trinajstić information content (AvgIpc) is 2.72. The topological polar surface area (TPSA) is 54.4 Å². The Morgan fingerprint density at radius 1 is 1.19 bits per heavy atom. The lowest BCUT2D eigenvalue weighted by Crippen LogP contribution is -2.43. The maximum absolute atomic E-state index is 14.5. The van der Waals surface area contributed by atoms with E-state index in [1.165, 1.54) is 0 Å². The minimum absolute atomic E-state index is 0.0136. The quantitative estimate of drug-likeness (QED) is 0.483. The van der Waals surface area contributed by atoms with Gasteiger partial charge in [0.2, 0.25) is 0 Å². The lowest BCUT2D eigenvalue weighted by molar-refractivity contribution is -0.0102. The monoisotopic (exact) mass is 451 g/mol. The van der Waals surface area contributed by atoms with Gasteiger partial charge in [-0.2, -0.15) is 10.5 Å². The Morgan fingerprint density at radius 2 is 1.84 bits per heavy atom. The van der Waals surface area contributed by atoms with Crippen molar-refractivity contribution in [3.8, 4) is 0 Å². The minimum atomic E-state index is -0.484. The fourth-order valence-electron chi connectivity index (χ4n) is 3.68. The van der Waals surface area contributed by atoms with Crippen LogP contribution in [0.2, 0.25) is 0 Å². The van der Waals surface area contributed by atoms with Crippen LogP contribution >= 0.6 is 10.5 Å². The maximum atomic E-state index is 14.5. The van der Waals surface area contributed by atoms with Gasteiger partial charge < -0.3 is 19.4 Å². The van der Waals surface area contributed by atoms with Crippen molar-refractivity contribution in [3.63, 3.8) is 0 Å². The van der Waals surface area contributed by atoms with Crippen molar-refractivity contribution in [2.75, 3.05) is 37.3 Å². The molecule has 0 radical (unpaired) electrons. The second kappa shape index (κ2) is 10.0. The number of hydrogen-bond donors (Lipinski definition) is 0. The normalized spacial score (nSPS) is 19.2. The van der Waals surface area contributed by atoms with Gasteiger partial charge in [0, 0.05) is 56.8 Å². The molecule has 2 aliphatic rings. The molecule has 0 spiro atoms. The van der Waals surface area contributed by atoms with Gasteiger partial charge in [-0.15, -0.1) is 0 Å². The number of anilines is 1. The lowest BCUT2D eigenvalue weighted by Gasteiger charge is -2.33. The molecule has 2 saturated heterocycles. The fourth-order valence-corrected chi connectivity index (χ4v) is 4.28. The third-order valence-corrected chi connectivity index (χ3v) is 6.49. The molecule has 8 heteroatoms. The number of rotatable bonds is 4. The van der Waals surface area contributed by atoms with E-state index in [2.05, 4.69) is 15.9 Å². The van der Waals surface area contributed by atoms with Crippen molar-refractivity contribution in [1.82, 2.24) is 4.90 Å². The average molecular weight is 452 g/mol. The largest absolute Gasteiger partial charge is 0.444 e. The zero-order chi connectivity index (χ0) is 22.6. The first-order valence-corrected chi connectivity index (χ1v) is 12.6. The molecule has 3 rings (SSSR count). The van der Waals surface area contributed by atoms with Crippen LogP contribution in [0.15, 0.2) is 28.3 Å². The second-order valence-electron chi connectivity index (χ2n) is 9.17.